The molecular weight excluding hydrogens is 394 g/mol. The van der Waals surface area contributed by atoms with Crippen molar-refractivity contribution in [1.82, 2.24) is 34.7 Å². The number of nitro groups is 1. The molecule has 0 bridgehead atoms. The van der Waals surface area contributed by atoms with Crippen LogP contribution >= 0.6 is 0 Å². The molecule has 2 N–H and O–H groups in total. The van der Waals surface area contributed by atoms with E-state index in [1.54, 1.807) is 38.1 Å². The van der Waals surface area contributed by atoms with Gasteiger partial charge in [-0.25, -0.2) is 0 Å². The van der Waals surface area contributed by atoms with Crippen LogP contribution in [-0.2, 0) is 25.4 Å². The number of anilines is 1. The summed E-state index contributed by atoms with van der Waals surface area (Å²) < 4.78 is 4.18. The molecule has 3 aromatic rings. The van der Waals surface area contributed by atoms with E-state index in [2.05, 4.69) is 25.9 Å². The Morgan fingerprint density at radius 1 is 1.23 bits per heavy atom. The Morgan fingerprint density at radius 3 is 2.57 bits per heavy atom. The molecule has 13 nitrogen and oxygen atoms in total. The van der Waals surface area contributed by atoms with E-state index >= 15 is 0 Å². The number of carbonyl (C=O) groups excluding carboxylic acids is 2. The third-order valence-corrected chi connectivity index (χ3v) is 4.49. The fourth-order valence-electron chi connectivity index (χ4n) is 2.83. The predicted octanol–water partition coefficient (Wildman–Crippen LogP) is 0.696. The van der Waals surface area contributed by atoms with Crippen LogP contribution in [0.15, 0.2) is 24.8 Å². The second-order valence-electron chi connectivity index (χ2n) is 6.74. The van der Waals surface area contributed by atoms with Gasteiger partial charge in [-0.05, 0) is 13.8 Å². The number of rotatable bonds is 7. The van der Waals surface area contributed by atoms with Crippen LogP contribution in [0.2, 0.25) is 0 Å². The Balaban J connectivity index is 1.72. The summed E-state index contributed by atoms with van der Waals surface area (Å²) in [5.74, 6) is -0.922. The van der Waals surface area contributed by atoms with Crippen LogP contribution in [0.25, 0.3) is 0 Å². The number of carbonyl (C=O) groups is 2. The molecule has 3 rings (SSSR count). The third kappa shape index (κ3) is 4.19. The van der Waals surface area contributed by atoms with Crippen LogP contribution in [0, 0.1) is 17.0 Å². The normalized spacial score (nSPS) is 11.9. The Morgan fingerprint density at radius 2 is 1.97 bits per heavy atom. The summed E-state index contributed by atoms with van der Waals surface area (Å²) in [6, 6.07) is -0.844. The van der Waals surface area contributed by atoms with Gasteiger partial charge in [0.15, 0.2) is 0 Å². The molecule has 0 aliphatic rings. The van der Waals surface area contributed by atoms with E-state index in [4.69, 9.17) is 0 Å². The summed E-state index contributed by atoms with van der Waals surface area (Å²) in [7, 11) is 3.36. The summed E-state index contributed by atoms with van der Waals surface area (Å²) in [6.45, 7) is 3.30. The van der Waals surface area contributed by atoms with Gasteiger partial charge in [-0.1, -0.05) is 0 Å². The van der Waals surface area contributed by atoms with Crippen LogP contribution < -0.4 is 10.6 Å². The Bertz CT molecular complexity index is 1110. The molecule has 3 heterocycles. The quantitative estimate of drug-likeness (QED) is 0.425. The number of nitrogens with zero attached hydrogens (tertiary/aromatic N) is 7. The van der Waals surface area contributed by atoms with Gasteiger partial charge in [0.2, 0.25) is 5.91 Å². The monoisotopic (exact) mass is 415 g/mol. The zero-order chi connectivity index (χ0) is 22.0. The van der Waals surface area contributed by atoms with Crippen molar-refractivity contribution in [2.24, 2.45) is 14.1 Å². The number of aromatic nitrogens is 6. The maximum Gasteiger partial charge on any atom is 0.309 e. The van der Waals surface area contributed by atoms with E-state index in [0.29, 0.717) is 0 Å². The molecular formula is C17H21N9O4. The van der Waals surface area contributed by atoms with Crippen molar-refractivity contribution in [3.05, 3.63) is 51.9 Å². The van der Waals surface area contributed by atoms with Crippen LogP contribution in [0.1, 0.15) is 34.7 Å². The van der Waals surface area contributed by atoms with E-state index in [1.165, 1.54) is 28.7 Å². The first-order valence-electron chi connectivity index (χ1n) is 8.96. The molecule has 0 fully saturated rings. The Labute approximate surface area is 170 Å². The maximum absolute atomic E-state index is 12.6. The summed E-state index contributed by atoms with van der Waals surface area (Å²) in [4.78, 5) is 35.7. The van der Waals surface area contributed by atoms with Crippen molar-refractivity contribution in [1.29, 1.82) is 0 Å². The molecule has 0 aliphatic heterocycles. The minimum Gasteiger partial charge on any atom is -0.346 e. The molecule has 0 saturated heterocycles. The van der Waals surface area contributed by atoms with Gasteiger partial charge in [0.1, 0.15) is 23.6 Å². The summed E-state index contributed by atoms with van der Waals surface area (Å²) in [5, 5.41) is 28.5. The second-order valence-corrected chi connectivity index (χ2v) is 6.74. The third-order valence-electron chi connectivity index (χ3n) is 4.49. The Hall–Kier alpha value is -4.03. The highest BCUT2D eigenvalue weighted by Gasteiger charge is 2.25. The van der Waals surface area contributed by atoms with E-state index in [-0.39, 0.29) is 29.3 Å². The lowest BCUT2D eigenvalue weighted by Gasteiger charge is -2.13. The number of amides is 2. The second kappa shape index (κ2) is 8.14. The van der Waals surface area contributed by atoms with Crippen molar-refractivity contribution < 1.29 is 14.5 Å². The average molecular weight is 415 g/mol. The smallest absolute Gasteiger partial charge is 0.309 e. The van der Waals surface area contributed by atoms with Crippen molar-refractivity contribution in [3.63, 3.8) is 0 Å². The summed E-state index contributed by atoms with van der Waals surface area (Å²) in [5.41, 5.74) is 1.24. The fraction of sp³-hybridized carbons (Fsp3) is 0.353. The topological polar surface area (TPSA) is 155 Å². The number of hydrogen-bond donors (Lipinski definition) is 2. The lowest BCUT2D eigenvalue weighted by atomic mass is 10.2. The molecule has 1 atom stereocenters. The summed E-state index contributed by atoms with van der Waals surface area (Å²) >= 11 is 0. The van der Waals surface area contributed by atoms with E-state index in [0.717, 1.165) is 5.56 Å². The molecule has 158 valence electrons. The standard InChI is InChI=1S/C17H21N9O4/c1-10-14(26(29)30)9-25(22-10)11(2)16(27)21-13-7-20-24(4)15(13)17(28)18-5-12-6-19-23(3)8-12/h6-9,11H,5H2,1-4H3,(H,18,28)(H,21,27). The first-order valence-corrected chi connectivity index (χ1v) is 8.96. The maximum atomic E-state index is 12.6. The van der Waals surface area contributed by atoms with Crippen molar-refractivity contribution in [2.75, 3.05) is 5.32 Å². The van der Waals surface area contributed by atoms with Crippen molar-refractivity contribution in [2.45, 2.75) is 26.4 Å². The average Bonchev–Trinajstić information content (AvgIpc) is 3.38. The lowest BCUT2D eigenvalue weighted by Crippen LogP contribution is -2.28. The highest BCUT2D eigenvalue weighted by molar-refractivity contribution is 6.03. The van der Waals surface area contributed by atoms with Gasteiger partial charge in [-0.2, -0.15) is 15.3 Å². The molecule has 0 radical (unpaired) electrons. The van der Waals surface area contributed by atoms with Gasteiger partial charge < -0.3 is 10.6 Å². The predicted molar refractivity (Wildman–Crippen MR) is 105 cm³/mol. The minimum atomic E-state index is -0.844. The van der Waals surface area contributed by atoms with Crippen LogP contribution in [0.5, 0.6) is 0 Å². The van der Waals surface area contributed by atoms with Gasteiger partial charge in [0.05, 0.1) is 23.0 Å². The van der Waals surface area contributed by atoms with E-state index < -0.39 is 22.8 Å². The van der Waals surface area contributed by atoms with Crippen molar-refractivity contribution >= 4 is 23.2 Å². The largest absolute Gasteiger partial charge is 0.346 e. The van der Waals surface area contributed by atoms with Gasteiger partial charge >= 0.3 is 5.69 Å². The van der Waals surface area contributed by atoms with Gasteiger partial charge in [-0.15, -0.1) is 0 Å². The minimum absolute atomic E-state index is 0.169. The molecule has 0 aromatic carbocycles. The first-order chi connectivity index (χ1) is 14.2. The van der Waals surface area contributed by atoms with Crippen LogP contribution in [0.4, 0.5) is 11.4 Å². The first kappa shape index (κ1) is 20.7. The molecule has 0 aliphatic carbocycles. The highest BCUT2D eigenvalue weighted by Crippen LogP contribution is 2.20. The number of hydrogen-bond acceptors (Lipinski definition) is 7. The Kier molecular flexibility index (Phi) is 5.62. The molecule has 13 heteroatoms. The zero-order valence-electron chi connectivity index (χ0n) is 16.9. The highest BCUT2D eigenvalue weighted by atomic mass is 16.6. The fourth-order valence-corrected chi connectivity index (χ4v) is 2.83. The molecule has 2 amide bonds. The molecule has 0 saturated carbocycles. The van der Waals surface area contributed by atoms with Crippen LogP contribution in [0.3, 0.4) is 0 Å². The summed E-state index contributed by atoms with van der Waals surface area (Å²) in [6.07, 6.45) is 5.98. The molecule has 1 unspecified atom stereocenters. The number of aryl methyl sites for hydroxylation is 3. The lowest BCUT2D eigenvalue weighted by molar-refractivity contribution is -0.385. The van der Waals surface area contributed by atoms with E-state index in [1.807, 2.05) is 0 Å². The SMILES string of the molecule is Cc1nn(C(C)C(=O)Nc2cnn(C)c2C(=O)NCc2cnn(C)c2)cc1[N+](=O)[O-]. The van der Waals surface area contributed by atoms with Crippen molar-refractivity contribution in [3.8, 4) is 0 Å². The molecule has 30 heavy (non-hydrogen) atoms. The zero-order valence-corrected chi connectivity index (χ0v) is 16.9. The number of nitrogens with one attached hydrogen (secondary N) is 2. The van der Waals surface area contributed by atoms with Gasteiger partial charge in [0.25, 0.3) is 5.91 Å². The van der Waals surface area contributed by atoms with Gasteiger partial charge in [-0.3, -0.25) is 33.7 Å². The molecule has 3 aromatic heterocycles. The van der Waals surface area contributed by atoms with E-state index in [9.17, 15) is 19.7 Å². The molecule has 0 spiro atoms. The van der Waals surface area contributed by atoms with Gasteiger partial charge in [0, 0.05) is 32.4 Å². The van der Waals surface area contributed by atoms with Crippen LogP contribution in [-0.4, -0.2) is 46.1 Å².